The number of fused-ring (bicyclic) bond motifs is 1. The molecule has 5 rings (SSSR count). The van der Waals surface area contributed by atoms with E-state index >= 15 is 0 Å². The molecule has 4 aromatic rings. The summed E-state index contributed by atoms with van der Waals surface area (Å²) in [6.45, 7) is 9.78. The van der Waals surface area contributed by atoms with Gasteiger partial charge in [-0.15, -0.1) is 0 Å². The van der Waals surface area contributed by atoms with Gasteiger partial charge >= 0.3 is 0 Å². The van der Waals surface area contributed by atoms with Crippen molar-refractivity contribution in [2.24, 2.45) is 0 Å². The molecule has 0 bridgehead atoms. The van der Waals surface area contributed by atoms with Gasteiger partial charge in [0.05, 0.1) is 6.61 Å². The number of rotatable bonds is 10. The molecule has 1 aliphatic heterocycles. The first kappa shape index (κ1) is 31.0. The summed E-state index contributed by atoms with van der Waals surface area (Å²) in [5.41, 5.74) is 5.43. The number of carbonyl (C=O) groups is 2. The normalized spacial score (nSPS) is 17.1. The third-order valence-electron chi connectivity index (χ3n) is 8.38. The smallest absolute Gasteiger partial charge is 0.255 e. The van der Waals surface area contributed by atoms with E-state index in [1.807, 2.05) is 89.8 Å². The van der Waals surface area contributed by atoms with Crippen LogP contribution in [0.5, 0.6) is 5.75 Å². The van der Waals surface area contributed by atoms with Gasteiger partial charge in [-0.05, 0) is 85.0 Å². The predicted octanol–water partition coefficient (Wildman–Crippen LogP) is 6.41. The Morgan fingerprint density at radius 1 is 0.864 bits per heavy atom. The highest BCUT2D eigenvalue weighted by Gasteiger charge is 2.47. The van der Waals surface area contributed by atoms with Gasteiger partial charge in [0, 0.05) is 47.9 Å². The molecular formula is C37H41N3O4. The lowest BCUT2D eigenvalue weighted by atomic mass is 9.65. The van der Waals surface area contributed by atoms with Crippen molar-refractivity contribution in [1.82, 2.24) is 5.32 Å². The number of anilines is 2. The summed E-state index contributed by atoms with van der Waals surface area (Å²) in [5, 5.41) is 15.1. The van der Waals surface area contributed by atoms with E-state index in [0.717, 1.165) is 33.7 Å². The number of benzene rings is 4. The summed E-state index contributed by atoms with van der Waals surface area (Å²) >= 11 is 0. The highest BCUT2D eigenvalue weighted by molar-refractivity contribution is 6.05. The Labute approximate surface area is 259 Å². The van der Waals surface area contributed by atoms with E-state index < -0.39 is 11.0 Å². The molecule has 2 amide bonds. The van der Waals surface area contributed by atoms with Crippen LogP contribution in [0, 0.1) is 0 Å². The number of ether oxygens (including phenoxy) is 1. The molecule has 1 heterocycles. The van der Waals surface area contributed by atoms with Crippen molar-refractivity contribution < 1.29 is 19.4 Å². The maximum atomic E-state index is 13.3. The van der Waals surface area contributed by atoms with Crippen LogP contribution < -0.4 is 20.3 Å². The first-order chi connectivity index (χ1) is 21.1. The molecule has 7 nitrogen and oxygen atoms in total. The summed E-state index contributed by atoms with van der Waals surface area (Å²) in [4.78, 5) is 28.1. The third kappa shape index (κ3) is 6.54. The minimum atomic E-state index is -0.440. The fourth-order valence-electron chi connectivity index (χ4n) is 6.48. The molecule has 1 unspecified atom stereocenters. The minimum absolute atomic E-state index is 0.0212. The second kappa shape index (κ2) is 13.0. The van der Waals surface area contributed by atoms with Crippen LogP contribution in [0.4, 0.5) is 11.4 Å². The molecule has 7 heteroatoms. The number of nitrogens with zero attached hydrogens (tertiary/aromatic N) is 1. The minimum Gasteiger partial charge on any atom is -0.492 e. The lowest BCUT2D eigenvalue weighted by Crippen LogP contribution is -2.55. The molecule has 0 aromatic heterocycles. The van der Waals surface area contributed by atoms with E-state index in [4.69, 9.17) is 9.84 Å². The van der Waals surface area contributed by atoms with Crippen molar-refractivity contribution in [2.45, 2.75) is 45.1 Å². The van der Waals surface area contributed by atoms with Crippen LogP contribution in [0.2, 0.25) is 0 Å². The molecule has 0 saturated carbocycles. The maximum absolute atomic E-state index is 13.3. The van der Waals surface area contributed by atoms with E-state index in [-0.39, 0.29) is 18.4 Å². The van der Waals surface area contributed by atoms with Gasteiger partial charge in [-0.25, -0.2) is 0 Å². The van der Waals surface area contributed by atoms with Gasteiger partial charge in [0.1, 0.15) is 12.4 Å². The van der Waals surface area contributed by atoms with E-state index in [9.17, 15) is 9.59 Å². The van der Waals surface area contributed by atoms with Crippen LogP contribution in [0.25, 0.3) is 11.1 Å². The zero-order chi connectivity index (χ0) is 31.3. The van der Waals surface area contributed by atoms with E-state index in [1.165, 1.54) is 0 Å². The topological polar surface area (TPSA) is 90.9 Å². The Morgan fingerprint density at radius 2 is 1.55 bits per heavy atom. The van der Waals surface area contributed by atoms with E-state index in [0.29, 0.717) is 37.4 Å². The van der Waals surface area contributed by atoms with Crippen molar-refractivity contribution in [3.63, 3.8) is 0 Å². The highest BCUT2D eigenvalue weighted by Crippen LogP contribution is 2.51. The molecule has 4 aromatic carbocycles. The molecule has 0 spiro atoms. The monoisotopic (exact) mass is 591 g/mol. The zero-order valence-corrected chi connectivity index (χ0v) is 25.9. The highest BCUT2D eigenvalue weighted by atomic mass is 16.5. The van der Waals surface area contributed by atoms with E-state index in [1.54, 1.807) is 6.92 Å². The summed E-state index contributed by atoms with van der Waals surface area (Å²) in [6, 6.07) is 31.6. The van der Waals surface area contributed by atoms with Crippen LogP contribution in [-0.2, 0) is 10.2 Å². The fraction of sp³-hybridized carbons (Fsp3) is 0.297. The van der Waals surface area contributed by atoms with Gasteiger partial charge in [-0.2, -0.15) is 0 Å². The molecule has 0 radical (unpaired) electrons. The molecule has 0 saturated heterocycles. The number of hydrogen-bond donors (Lipinski definition) is 3. The standard InChI is InChI=1S/C37H41N3O4/c1-26(42)40-34-19-16-31(39-35(43)29-12-10-28(11-13-29)27-8-6-5-7-9-27)24-33(34)37(4,25-36(40,2)3)30-14-17-32(18-15-30)44-23-21-38-20-22-41/h5-19,24,38,41H,20-23,25H2,1-4H3,(H,39,43). The number of nitrogens with one attached hydrogen (secondary N) is 2. The van der Waals surface area contributed by atoms with Crippen LogP contribution in [0.15, 0.2) is 97.1 Å². The van der Waals surface area contributed by atoms with Crippen molar-refractivity contribution in [3.8, 4) is 16.9 Å². The molecular weight excluding hydrogens is 550 g/mol. The Kier molecular flexibility index (Phi) is 9.18. The second-order valence-corrected chi connectivity index (χ2v) is 12.2. The van der Waals surface area contributed by atoms with Crippen molar-refractivity contribution >= 4 is 23.2 Å². The lowest BCUT2D eigenvalue weighted by Gasteiger charge is -2.51. The van der Waals surface area contributed by atoms with Gasteiger partial charge in [0.15, 0.2) is 0 Å². The van der Waals surface area contributed by atoms with Crippen molar-refractivity contribution in [2.75, 3.05) is 36.5 Å². The van der Waals surface area contributed by atoms with Crippen LogP contribution in [-0.4, -0.2) is 48.8 Å². The second-order valence-electron chi connectivity index (χ2n) is 12.2. The average Bonchev–Trinajstić information content (AvgIpc) is 3.01. The number of aliphatic hydroxyl groups excluding tert-OH is 1. The molecule has 1 atom stereocenters. The van der Waals surface area contributed by atoms with Gasteiger partial charge in [0.2, 0.25) is 5.91 Å². The number of amides is 2. The van der Waals surface area contributed by atoms with Gasteiger partial charge in [-0.1, -0.05) is 61.5 Å². The average molecular weight is 592 g/mol. The van der Waals surface area contributed by atoms with Gasteiger partial charge in [0.25, 0.3) is 5.91 Å². The summed E-state index contributed by atoms with van der Waals surface area (Å²) in [6.07, 6.45) is 0.691. The van der Waals surface area contributed by atoms with Gasteiger partial charge < -0.3 is 25.4 Å². The molecule has 1 aliphatic rings. The first-order valence-electron chi connectivity index (χ1n) is 15.1. The molecule has 3 N–H and O–H groups in total. The fourth-order valence-corrected chi connectivity index (χ4v) is 6.48. The first-order valence-corrected chi connectivity index (χ1v) is 15.1. The number of aliphatic hydroxyl groups is 1. The van der Waals surface area contributed by atoms with Crippen molar-refractivity contribution in [1.29, 1.82) is 0 Å². The Hall–Kier alpha value is -4.46. The summed E-state index contributed by atoms with van der Waals surface area (Å²) in [7, 11) is 0. The predicted molar refractivity (Wildman–Crippen MR) is 176 cm³/mol. The SMILES string of the molecule is CC(=O)N1c2ccc(NC(=O)c3ccc(-c4ccccc4)cc3)cc2C(C)(c2ccc(OCCNCCO)cc2)CC1(C)C. The third-order valence-corrected chi connectivity index (χ3v) is 8.38. The maximum Gasteiger partial charge on any atom is 0.255 e. The quantitative estimate of drug-likeness (QED) is 0.186. The number of hydrogen-bond acceptors (Lipinski definition) is 5. The van der Waals surface area contributed by atoms with E-state index in [2.05, 4.69) is 43.5 Å². The zero-order valence-electron chi connectivity index (χ0n) is 25.9. The lowest BCUT2D eigenvalue weighted by molar-refractivity contribution is -0.117. The largest absolute Gasteiger partial charge is 0.492 e. The van der Waals surface area contributed by atoms with Crippen LogP contribution in [0.1, 0.15) is 55.6 Å². The Morgan fingerprint density at radius 3 is 2.20 bits per heavy atom. The van der Waals surface area contributed by atoms with Gasteiger partial charge in [-0.3, -0.25) is 9.59 Å². The summed E-state index contributed by atoms with van der Waals surface area (Å²) < 4.78 is 5.88. The molecule has 228 valence electrons. The van der Waals surface area contributed by atoms with Crippen LogP contribution >= 0.6 is 0 Å². The van der Waals surface area contributed by atoms with Crippen molar-refractivity contribution in [3.05, 3.63) is 114 Å². The summed E-state index contributed by atoms with van der Waals surface area (Å²) in [5.74, 6) is 0.552. The Bertz CT molecular complexity index is 1600. The number of carbonyl (C=O) groups excluding carboxylic acids is 2. The Balaban J connectivity index is 1.42. The van der Waals surface area contributed by atoms with Crippen LogP contribution in [0.3, 0.4) is 0 Å². The molecule has 0 aliphatic carbocycles. The molecule has 0 fully saturated rings. The molecule has 44 heavy (non-hydrogen) atoms.